The summed E-state index contributed by atoms with van der Waals surface area (Å²) in [7, 11) is 0. The predicted octanol–water partition coefficient (Wildman–Crippen LogP) is 4.60. The van der Waals surface area contributed by atoms with E-state index in [1.165, 1.54) is 6.42 Å². The average Bonchev–Trinajstić information content (AvgIpc) is 2.49. The first-order chi connectivity index (χ1) is 9.68. The lowest BCUT2D eigenvalue weighted by atomic mass is 9.69. The second-order valence-corrected chi connectivity index (χ2v) is 5.71. The van der Waals surface area contributed by atoms with Crippen molar-refractivity contribution in [2.24, 2.45) is 5.41 Å². The SMILES string of the molecule is C=C(CC1(C(=O)OCC)CCCCC1)c1ccccc1. The van der Waals surface area contributed by atoms with E-state index in [1.807, 2.05) is 25.1 Å². The van der Waals surface area contributed by atoms with Crippen molar-refractivity contribution in [3.8, 4) is 0 Å². The molecule has 108 valence electrons. The Kier molecular flexibility index (Phi) is 4.99. The molecule has 2 rings (SSSR count). The number of benzene rings is 1. The molecule has 1 aliphatic carbocycles. The van der Waals surface area contributed by atoms with Gasteiger partial charge in [0.1, 0.15) is 0 Å². The lowest BCUT2D eigenvalue weighted by Gasteiger charge is -2.35. The molecule has 0 spiro atoms. The van der Waals surface area contributed by atoms with Crippen LogP contribution < -0.4 is 0 Å². The molecule has 1 fully saturated rings. The summed E-state index contributed by atoms with van der Waals surface area (Å²) >= 11 is 0. The van der Waals surface area contributed by atoms with E-state index in [2.05, 4.69) is 18.7 Å². The number of ether oxygens (including phenoxy) is 1. The molecule has 0 atom stereocenters. The van der Waals surface area contributed by atoms with Gasteiger partial charge >= 0.3 is 5.97 Å². The largest absolute Gasteiger partial charge is 0.466 e. The van der Waals surface area contributed by atoms with Crippen LogP contribution in [0.1, 0.15) is 51.0 Å². The first-order valence-corrected chi connectivity index (χ1v) is 7.58. The Bertz CT molecular complexity index is 456. The fourth-order valence-electron chi connectivity index (χ4n) is 3.15. The number of allylic oxidation sites excluding steroid dienone is 1. The van der Waals surface area contributed by atoms with Gasteiger partial charge in [0.2, 0.25) is 0 Å². The number of rotatable bonds is 5. The molecule has 0 aromatic heterocycles. The molecule has 0 amide bonds. The van der Waals surface area contributed by atoms with Gasteiger partial charge in [0, 0.05) is 0 Å². The van der Waals surface area contributed by atoms with Crippen molar-refractivity contribution in [3.05, 3.63) is 42.5 Å². The maximum Gasteiger partial charge on any atom is 0.312 e. The van der Waals surface area contributed by atoms with Crippen molar-refractivity contribution in [1.82, 2.24) is 0 Å². The van der Waals surface area contributed by atoms with E-state index in [9.17, 15) is 4.79 Å². The van der Waals surface area contributed by atoms with Crippen molar-refractivity contribution in [2.45, 2.75) is 45.4 Å². The fraction of sp³-hybridized carbons (Fsp3) is 0.500. The third kappa shape index (κ3) is 3.30. The van der Waals surface area contributed by atoms with Crippen molar-refractivity contribution in [2.75, 3.05) is 6.61 Å². The molecular weight excluding hydrogens is 248 g/mol. The van der Waals surface area contributed by atoms with Crippen molar-refractivity contribution >= 4 is 11.5 Å². The second kappa shape index (κ2) is 6.74. The number of hydrogen-bond acceptors (Lipinski definition) is 2. The Labute approximate surface area is 121 Å². The van der Waals surface area contributed by atoms with Crippen LogP contribution >= 0.6 is 0 Å². The van der Waals surface area contributed by atoms with Crippen LogP contribution in [0.25, 0.3) is 5.57 Å². The highest BCUT2D eigenvalue weighted by atomic mass is 16.5. The van der Waals surface area contributed by atoms with Crippen molar-refractivity contribution in [1.29, 1.82) is 0 Å². The van der Waals surface area contributed by atoms with E-state index in [0.29, 0.717) is 6.61 Å². The van der Waals surface area contributed by atoms with Crippen LogP contribution in [-0.4, -0.2) is 12.6 Å². The highest BCUT2D eigenvalue weighted by Gasteiger charge is 2.41. The molecule has 2 heteroatoms. The Balaban J connectivity index is 2.15. The van der Waals surface area contributed by atoms with Crippen LogP contribution in [0, 0.1) is 5.41 Å². The second-order valence-electron chi connectivity index (χ2n) is 5.71. The van der Waals surface area contributed by atoms with Gasteiger partial charge < -0.3 is 4.74 Å². The summed E-state index contributed by atoms with van der Waals surface area (Å²) in [5.41, 5.74) is 1.82. The topological polar surface area (TPSA) is 26.3 Å². The van der Waals surface area contributed by atoms with Crippen LogP contribution in [-0.2, 0) is 9.53 Å². The van der Waals surface area contributed by atoms with Gasteiger partial charge in [0.15, 0.2) is 0 Å². The van der Waals surface area contributed by atoms with Gasteiger partial charge in [0.25, 0.3) is 0 Å². The Morgan fingerprint density at radius 2 is 1.85 bits per heavy atom. The molecule has 1 saturated carbocycles. The summed E-state index contributed by atoms with van der Waals surface area (Å²) in [6.07, 6.45) is 6.02. The molecule has 1 aliphatic rings. The quantitative estimate of drug-likeness (QED) is 0.732. The highest BCUT2D eigenvalue weighted by molar-refractivity contribution is 5.80. The summed E-state index contributed by atoms with van der Waals surface area (Å²) in [4.78, 5) is 12.4. The highest BCUT2D eigenvalue weighted by Crippen LogP contribution is 2.44. The van der Waals surface area contributed by atoms with Gasteiger partial charge in [0.05, 0.1) is 12.0 Å². The lowest BCUT2D eigenvalue weighted by Crippen LogP contribution is -2.35. The Morgan fingerprint density at radius 3 is 2.45 bits per heavy atom. The Morgan fingerprint density at radius 1 is 1.20 bits per heavy atom. The predicted molar refractivity (Wildman–Crippen MR) is 82.2 cm³/mol. The standard InChI is InChI=1S/C18H24O2/c1-3-20-17(19)18(12-8-5-9-13-18)14-15(2)16-10-6-4-7-11-16/h4,6-7,10-11H,2-3,5,8-9,12-14H2,1H3. The molecule has 0 N–H and O–H groups in total. The van der Waals surface area contributed by atoms with Gasteiger partial charge in [-0.2, -0.15) is 0 Å². The molecule has 0 radical (unpaired) electrons. The molecule has 1 aromatic rings. The summed E-state index contributed by atoms with van der Waals surface area (Å²) < 4.78 is 5.34. The first-order valence-electron chi connectivity index (χ1n) is 7.58. The molecule has 0 saturated heterocycles. The van der Waals surface area contributed by atoms with Crippen LogP contribution in [0.2, 0.25) is 0 Å². The van der Waals surface area contributed by atoms with Crippen molar-refractivity contribution in [3.63, 3.8) is 0 Å². The molecular formula is C18H24O2. The summed E-state index contributed by atoms with van der Waals surface area (Å²) in [6.45, 7) is 6.53. The van der Waals surface area contributed by atoms with Gasteiger partial charge in [-0.15, -0.1) is 0 Å². The van der Waals surface area contributed by atoms with Crippen molar-refractivity contribution < 1.29 is 9.53 Å². The zero-order valence-corrected chi connectivity index (χ0v) is 12.4. The maximum atomic E-state index is 12.4. The minimum atomic E-state index is -0.346. The number of hydrogen-bond donors (Lipinski definition) is 0. The van der Waals surface area contributed by atoms with Gasteiger partial charge in [-0.3, -0.25) is 4.79 Å². The summed E-state index contributed by atoms with van der Waals surface area (Å²) in [5.74, 6) is -0.0308. The minimum absolute atomic E-state index is 0.0308. The van der Waals surface area contributed by atoms with E-state index >= 15 is 0 Å². The van der Waals surface area contributed by atoms with E-state index in [-0.39, 0.29) is 11.4 Å². The van der Waals surface area contributed by atoms with E-state index < -0.39 is 0 Å². The zero-order chi connectivity index (χ0) is 14.4. The van der Waals surface area contributed by atoms with Gasteiger partial charge in [-0.1, -0.05) is 56.2 Å². The van der Waals surface area contributed by atoms with Gasteiger partial charge in [-0.05, 0) is 37.3 Å². The molecule has 0 heterocycles. The molecule has 2 nitrogen and oxygen atoms in total. The van der Waals surface area contributed by atoms with Crippen LogP contribution in [0.3, 0.4) is 0 Å². The number of carbonyl (C=O) groups is 1. The zero-order valence-electron chi connectivity index (χ0n) is 12.4. The first kappa shape index (κ1) is 14.8. The monoisotopic (exact) mass is 272 g/mol. The van der Waals surface area contributed by atoms with E-state index in [0.717, 1.165) is 43.2 Å². The normalized spacial score (nSPS) is 17.4. The molecule has 20 heavy (non-hydrogen) atoms. The molecule has 1 aromatic carbocycles. The molecule has 0 aliphatic heterocycles. The third-order valence-corrected chi connectivity index (χ3v) is 4.25. The molecule has 0 bridgehead atoms. The average molecular weight is 272 g/mol. The lowest BCUT2D eigenvalue weighted by molar-refractivity contribution is -0.157. The maximum absolute atomic E-state index is 12.4. The van der Waals surface area contributed by atoms with Crippen LogP contribution in [0.15, 0.2) is 36.9 Å². The van der Waals surface area contributed by atoms with Crippen LogP contribution in [0.5, 0.6) is 0 Å². The van der Waals surface area contributed by atoms with E-state index in [1.54, 1.807) is 0 Å². The smallest absolute Gasteiger partial charge is 0.312 e. The molecule has 0 unspecified atom stereocenters. The summed E-state index contributed by atoms with van der Waals surface area (Å²) in [6, 6.07) is 10.1. The van der Waals surface area contributed by atoms with Crippen LogP contribution in [0.4, 0.5) is 0 Å². The Hall–Kier alpha value is -1.57. The third-order valence-electron chi connectivity index (χ3n) is 4.25. The number of carbonyl (C=O) groups excluding carboxylic acids is 1. The summed E-state index contributed by atoms with van der Waals surface area (Å²) in [5, 5.41) is 0. The van der Waals surface area contributed by atoms with E-state index in [4.69, 9.17) is 4.74 Å². The fourth-order valence-corrected chi connectivity index (χ4v) is 3.15. The minimum Gasteiger partial charge on any atom is -0.466 e. The van der Waals surface area contributed by atoms with Gasteiger partial charge in [-0.25, -0.2) is 0 Å². The number of esters is 1.